The lowest BCUT2D eigenvalue weighted by molar-refractivity contribution is -0.0384. The van der Waals surface area contributed by atoms with Crippen molar-refractivity contribution < 1.29 is 17.4 Å². The topological polar surface area (TPSA) is 17.1 Å². The Kier molecular flexibility index (Phi) is 5.57. The van der Waals surface area contributed by atoms with Gasteiger partial charge in [-0.25, -0.2) is 4.21 Å². The van der Waals surface area contributed by atoms with Crippen LogP contribution in [0.25, 0.3) is 0 Å². The van der Waals surface area contributed by atoms with E-state index in [1.165, 1.54) is 18.2 Å². The first kappa shape index (κ1) is 14.2. The van der Waals surface area contributed by atoms with Crippen molar-refractivity contribution in [3.05, 3.63) is 29.8 Å². The molecule has 1 rings (SSSR count). The molecule has 0 fully saturated rings. The predicted molar refractivity (Wildman–Crippen MR) is 55.0 cm³/mol. The molecule has 0 aromatic heterocycles. The summed E-state index contributed by atoms with van der Waals surface area (Å²) >= 11 is 0. The fraction of sp³-hybridized carbons (Fsp3) is 0.400. The third-order valence-corrected chi connectivity index (χ3v) is 2.52. The zero-order valence-corrected chi connectivity index (χ0v) is 9.58. The molecule has 0 aliphatic rings. The molecule has 0 heterocycles. The van der Waals surface area contributed by atoms with E-state index < -0.39 is 16.3 Å². The number of hydrogen-bond donors (Lipinski definition) is 0. The Hall–Kier alpha value is -0.840. The van der Waals surface area contributed by atoms with Gasteiger partial charge in [-0.05, 0) is 24.6 Å². The molecular formula is C10H13F3OS. The maximum Gasteiger partial charge on any atom is 0.475 e. The summed E-state index contributed by atoms with van der Waals surface area (Å²) in [6.07, 6.45) is 0. The van der Waals surface area contributed by atoms with Crippen LogP contribution in [0.3, 0.4) is 0 Å². The van der Waals surface area contributed by atoms with Crippen molar-refractivity contribution in [2.75, 3.05) is 0 Å². The summed E-state index contributed by atoms with van der Waals surface area (Å²) in [6, 6.07) is 5.57. The van der Waals surface area contributed by atoms with Gasteiger partial charge in [0.25, 0.3) is 0 Å². The molecule has 1 atom stereocenters. The second-order valence-electron chi connectivity index (χ2n) is 2.53. The molecule has 1 aromatic rings. The Balaban J connectivity index is 0.000000921. The number of hydrogen-bond acceptors (Lipinski definition) is 1. The smallest absolute Gasteiger partial charge is 0.245 e. The molecule has 0 saturated heterocycles. The summed E-state index contributed by atoms with van der Waals surface area (Å²) < 4.78 is 46.7. The van der Waals surface area contributed by atoms with Crippen LogP contribution >= 0.6 is 0 Å². The van der Waals surface area contributed by atoms with Crippen LogP contribution in [0, 0.1) is 6.92 Å². The van der Waals surface area contributed by atoms with Crippen LogP contribution in [0.1, 0.15) is 19.4 Å². The third-order valence-electron chi connectivity index (χ3n) is 1.41. The van der Waals surface area contributed by atoms with Crippen molar-refractivity contribution in [2.45, 2.75) is 31.2 Å². The van der Waals surface area contributed by atoms with Crippen LogP contribution in [0.2, 0.25) is 0 Å². The van der Waals surface area contributed by atoms with Crippen molar-refractivity contribution in [3.8, 4) is 0 Å². The van der Waals surface area contributed by atoms with Crippen LogP contribution in [-0.2, 0) is 10.8 Å². The van der Waals surface area contributed by atoms with Crippen molar-refractivity contribution in [2.24, 2.45) is 0 Å². The number of halogens is 3. The van der Waals surface area contributed by atoms with E-state index in [1.54, 1.807) is 13.0 Å². The van der Waals surface area contributed by atoms with Crippen LogP contribution in [0.4, 0.5) is 13.2 Å². The highest BCUT2D eigenvalue weighted by atomic mass is 32.2. The quantitative estimate of drug-likeness (QED) is 0.730. The lowest BCUT2D eigenvalue weighted by atomic mass is 10.2. The fourth-order valence-corrected chi connectivity index (χ4v) is 1.63. The predicted octanol–water partition coefficient (Wildman–Crippen LogP) is 3.65. The van der Waals surface area contributed by atoms with Crippen LogP contribution in [0.15, 0.2) is 29.2 Å². The Morgan fingerprint density at radius 1 is 1.20 bits per heavy atom. The van der Waals surface area contributed by atoms with Crippen molar-refractivity contribution in [1.82, 2.24) is 0 Å². The minimum atomic E-state index is -4.67. The molecule has 0 aliphatic heterocycles. The second kappa shape index (κ2) is 5.90. The highest BCUT2D eigenvalue weighted by Crippen LogP contribution is 2.26. The molecule has 1 nitrogen and oxygen atoms in total. The summed E-state index contributed by atoms with van der Waals surface area (Å²) in [5.41, 5.74) is -4.01. The third kappa shape index (κ3) is 4.46. The molecule has 0 saturated carbocycles. The normalized spacial score (nSPS) is 12.7. The summed E-state index contributed by atoms with van der Waals surface area (Å²) in [4.78, 5) is -0.201. The van der Waals surface area contributed by atoms with Gasteiger partial charge < -0.3 is 0 Å². The summed E-state index contributed by atoms with van der Waals surface area (Å²) in [5.74, 6) is 0. The van der Waals surface area contributed by atoms with E-state index in [9.17, 15) is 17.4 Å². The average Bonchev–Trinajstić information content (AvgIpc) is 2.18. The first-order valence-corrected chi connectivity index (χ1v) is 5.61. The van der Waals surface area contributed by atoms with Crippen molar-refractivity contribution in [3.63, 3.8) is 0 Å². The zero-order chi connectivity index (χ0) is 12.1. The molecule has 15 heavy (non-hydrogen) atoms. The average molecular weight is 238 g/mol. The lowest BCUT2D eigenvalue weighted by Crippen LogP contribution is -2.16. The monoisotopic (exact) mass is 238 g/mol. The largest absolute Gasteiger partial charge is 0.475 e. The van der Waals surface area contributed by atoms with Gasteiger partial charge in [0, 0.05) is 4.90 Å². The maximum absolute atomic E-state index is 12.0. The Morgan fingerprint density at radius 3 is 2.13 bits per heavy atom. The van der Waals surface area contributed by atoms with Gasteiger partial charge in [0.15, 0.2) is 10.8 Å². The molecule has 0 bridgehead atoms. The van der Waals surface area contributed by atoms with Gasteiger partial charge in [-0.15, -0.1) is 0 Å². The number of rotatable bonds is 1. The van der Waals surface area contributed by atoms with Gasteiger partial charge in [0.2, 0.25) is 0 Å². The molecular weight excluding hydrogens is 225 g/mol. The van der Waals surface area contributed by atoms with E-state index in [1.807, 2.05) is 13.8 Å². The minimum Gasteiger partial charge on any atom is -0.245 e. The summed E-state index contributed by atoms with van der Waals surface area (Å²) in [7, 11) is -2.91. The maximum atomic E-state index is 12.0. The summed E-state index contributed by atoms with van der Waals surface area (Å²) in [5, 5.41) is 0. The van der Waals surface area contributed by atoms with Gasteiger partial charge in [-0.3, -0.25) is 0 Å². The Labute approximate surface area is 89.8 Å². The number of benzene rings is 1. The fourth-order valence-electron chi connectivity index (χ4n) is 0.864. The highest BCUT2D eigenvalue weighted by molar-refractivity contribution is 7.86. The van der Waals surface area contributed by atoms with E-state index in [4.69, 9.17) is 0 Å². The van der Waals surface area contributed by atoms with Gasteiger partial charge in [0.05, 0.1) is 0 Å². The van der Waals surface area contributed by atoms with E-state index >= 15 is 0 Å². The lowest BCUT2D eigenvalue weighted by Gasteiger charge is -2.05. The van der Waals surface area contributed by atoms with Crippen molar-refractivity contribution in [1.29, 1.82) is 0 Å². The highest BCUT2D eigenvalue weighted by Gasteiger charge is 2.37. The SMILES string of the molecule is CC.Cc1cccc(S(=O)C(F)(F)F)c1. The van der Waals surface area contributed by atoms with Crippen molar-refractivity contribution >= 4 is 10.8 Å². The van der Waals surface area contributed by atoms with Gasteiger partial charge in [0.1, 0.15) is 0 Å². The second-order valence-corrected chi connectivity index (χ2v) is 4.00. The zero-order valence-electron chi connectivity index (χ0n) is 8.76. The standard InChI is InChI=1S/C8H7F3OS.C2H6/c1-6-3-2-4-7(5-6)13(12)8(9,10)11;1-2/h2-5H,1H3;1-2H3. The first-order valence-electron chi connectivity index (χ1n) is 4.46. The van der Waals surface area contributed by atoms with Gasteiger partial charge in [-0.2, -0.15) is 13.2 Å². The minimum absolute atomic E-state index is 0.201. The molecule has 0 N–H and O–H groups in total. The molecule has 5 heteroatoms. The van der Waals surface area contributed by atoms with Gasteiger partial charge >= 0.3 is 5.51 Å². The van der Waals surface area contributed by atoms with E-state index in [0.717, 1.165) is 0 Å². The Bertz CT molecular complexity index is 334. The Morgan fingerprint density at radius 2 is 1.73 bits per heavy atom. The molecule has 1 unspecified atom stereocenters. The van der Waals surface area contributed by atoms with Crippen LogP contribution in [-0.4, -0.2) is 9.72 Å². The van der Waals surface area contributed by atoms with E-state index in [-0.39, 0.29) is 4.90 Å². The van der Waals surface area contributed by atoms with Crippen LogP contribution in [0.5, 0.6) is 0 Å². The van der Waals surface area contributed by atoms with Crippen LogP contribution < -0.4 is 0 Å². The molecule has 0 aliphatic carbocycles. The first-order chi connectivity index (χ1) is 6.91. The van der Waals surface area contributed by atoms with Gasteiger partial charge in [-0.1, -0.05) is 26.0 Å². The summed E-state index contributed by atoms with van der Waals surface area (Å²) in [6.45, 7) is 5.65. The van der Waals surface area contributed by atoms with E-state index in [2.05, 4.69) is 0 Å². The number of alkyl halides is 3. The molecule has 0 amide bonds. The molecule has 0 radical (unpaired) electrons. The molecule has 0 spiro atoms. The molecule has 1 aromatic carbocycles. The number of aryl methyl sites for hydroxylation is 1. The molecule has 86 valence electrons. The van der Waals surface area contributed by atoms with E-state index in [0.29, 0.717) is 5.56 Å².